The molecule has 15 heavy (non-hydrogen) atoms. The fourth-order valence-corrected chi connectivity index (χ4v) is 1.25. The molecule has 0 N–H and O–H groups in total. The molecule has 0 amide bonds. The van der Waals surface area contributed by atoms with Crippen LogP contribution in [0.2, 0.25) is 0 Å². The van der Waals surface area contributed by atoms with Crippen LogP contribution < -0.4 is 0 Å². The zero-order valence-corrected chi connectivity index (χ0v) is 11.4. The highest BCUT2D eigenvalue weighted by Gasteiger charge is 1.88. The molecule has 0 saturated carbocycles. The van der Waals surface area contributed by atoms with Crippen molar-refractivity contribution >= 4 is 0 Å². The Hall–Kier alpha value is -0.300. The number of nitrogens with zero attached hydrogens (tertiary/aromatic N) is 1. The fraction of sp³-hybridized carbons (Fsp3) is 0.857. The normalized spacial score (nSPS) is 9.67. The van der Waals surface area contributed by atoms with Crippen molar-refractivity contribution in [3.05, 3.63) is 12.7 Å². The Morgan fingerprint density at radius 3 is 1.67 bits per heavy atom. The molecule has 0 rings (SSSR count). The highest BCUT2D eigenvalue weighted by molar-refractivity contribution is 4.65. The lowest BCUT2D eigenvalue weighted by molar-refractivity contribution is 0.505. The van der Waals surface area contributed by atoms with Crippen molar-refractivity contribution in [2.24, 2.45) is 0 Å². The van der Waals surface area contributed by atoms with E-state index in [1.807, 2.05) is 32.1 Å². The standard InChI is InChI=1S/C11H22.C3H9N/c1-3-5-7-9-11-10-8-6-4-2;1-4(2)3/h3H,1,4-11H2,2H3;1-3H3. The van der Waals surface area contributed by atoms with Gasteiger partial charge in [-0.25, -0.2) is 0 Å². The molecule has 1 heteroatoms. The van der Waals surface area contributed by atoms with Crippen LogP contribution in [0.4, 0.5) is 0 Å². The van der Waals surface area contributed by atoms with Gasteiger partial charge in [0.1, 0.15) is 0 Å². The minimum atomic E-state index is 1.20. The summed E-state index contributed by atoms with van der Waals surface area (Å²) in [5, 5.41) is 0. The lowest BCUT2D eigenvalue weighted by atomic mass is 10.1. The van der Waals surface area contributed by atoms with Gasteiger partial charge in [-0.05, 0) is 34.0 Å². The first kappa shape index (κ1) is 17.1. The van der Waals surface area contributed by atoms with Gasteiger partial charge >= 0.3 is 0 Å². The molecule has 1 nitrogen and oxygen atoms in total. The molecule has 0 aliphatic heterocycles. The second kappa shape index (κ2) is 16.1. The monoisotopic (exact) mass is 213 g/mol. The maximum Gasteiger partial charge on any atom is -0.0140 e. The molecule has 0 aliphatic rings. The van der Waals surface area contributed by atoms with E-state index in [2.05, 4.69) is 13.5 Å². The molecule has 92 valence electrons. The van der Waals surface area contributed by atoms with Gasteiger partial charge in [0.2, 0.25) is 0 Å². The van der Waals surface area contributed by atoms with Crippen molar-refractivity contribution in [2.75, 3.05) is 21.1 Å². The number of allylic oxidation sites excluding steroid dienone is 1. The Morgan fingerprint density at radius 1 is 0.867 bits per heavy atom. The lowest BCUT2D eigenvalue weighted by Gasteiger charge is -1.98. The Morgan fingerprint density at radius 2 is 1.27 bits per heavy atom. The van der Waals surface area contributed by atoms with Crippen LogP contribution in [0.15, 0.2) is 12.7 Å². The van der Waals surface area contributed by atoms with E-state index in [0.717, 1.165) is 0 Å². The third-order valence-corrected chi connectivity index (χ3v) is 2.01. The summed E-state index contributed by atoms with van der Waals surface area (Å²) in [6, 6.07) is 0. The predicted molar refractivity (Wildman–Crippen MR) is 72.4 cm³/mol. The molecule has 0 aliphatic carbocycles. The summed E-state index contributed by atoms with van der Waals surface area (Å²) < 4.78 is 0. The zero-order chi connectivity index (χ0) is 11.9. The van der Waals surface area contributed by atoms with E-state index in [4.69, 9.17) is 0 Å². The van der Waals surface area contributed by atoms with Crippen LogP contribution >= 0.6 is 0 Å². The van der Waals surface area contributed by atoms with Crippen molar-refractivity contribution < 1.29 is 0 Å². The van der Waals surface area contributed by atoms with E-state index in [0.29, 0.717) is 0 Å². The number of hydrogen-bond donors (Lipinski definition) is 0. The van der Waals surface area contributed by atoms with Gasteiger partial charge < -0.3 is 4.90 Å². The first-order chi connectivity index (χ1) is 7.15. The van der Waals surface area contributed by atoms with Crippen molar-refractivity contribution in [1.82, 2.24) is 4.90 Å². The van der Waals surface area contributed by atoms with E-state index < -0.39 is 0 Å². The van der Waals surface area contributed by atoms with Gasteiger partial charge in [-0.15, -0.1) is 6.58 Å². The second-order valence-electron chi connectivity index (χ2n) is 4.54. The average molecular weight is 213 g/mol. The summed E-state index contributed by atoms with van der Waals surface area (Å²) >= 11 is 0. The molecule has 0 heterocycles. The van der Waals surface area contributed by atoms with Gasteiger partial charge in [0.15, 0.2) is 0 Å². The topological polar surface area (TPSA) is 3.24 Å². The number of hydrogen-bond acceptors (Lipinski definition) is 1. The summed E-state index contributed by atoms with van der Waals surface area (Å²) in [5.41, 5.74) is 0. The zero-order valence-electron chi connectivity index (χ0n) is 11.4. The summed E-state index contributed by atoms with van der Waals surface area (Å²) in [5.74, 6) is 0. The van der Waals surface area contributed by atoms with Gasteiger partial charge in [-0.1, -0.05) is 51.5 Å². The van der Waals surface area contributed by atoms with Crippen LogP contribution in [-0.2, 0) is 0 Å². The fourth-order valence-electron chi connectivity index (χ4n) is 1.25. The molecule has 0 spiro atoms. The molecule has 0 radical (unpaired) electrons. The molecule has 0 atom stereocenters. The second-order valence-corrected chi connectivity index (χ2v) is 4.54. The third-order valence-electron chi connectivity index (χ3n) is 2.01. The van der Waals surface area contributed by atoms with E-state index in [1.54, 1.807) is 0 Å². The SMILES string of the molecule is C=CCCCCCCCCC.CN(C)C. The summed E-state index contributed by atoms with van der Waals surface area (Å²) in [6.45, 7) is 5.97. The van der Waals surface area contributed by atoms with Crippen LogP contribution in [0.5, 0.6) is 0 Å². The highest BCUT2D eigenvalue weighted by atomic mass is 15.0. The van der Waals surface area contributed by atoms with Gasteiger partial charge in [0.25, 0.3) is 0 Å². The Balaban J connectivity index is 0. The van der Waals surface area contributed by atoms with Crippen LogP contribution in [0.25, 0.3) is 0 Å². The smallest absolute Gasteiger partial charge is 0.0140 e. The van der Waals surface area contributed by atoms with E-state index >= 15 is 0 Å². The summed E-state index contributed by atoms with van der Waals surface area (Å²) in [6.07, 6.45) is 13.0. The maximum atomic E-state index is 3.71. The molecule has 0 aromatic carbocycles. The average Bonchev–Trinajstić information content (AvgIpc) is 2.16. The summed E-state index contributed by atoms with van der Waals surface area (Å²) in [7, 11) is 6.00. The summed E-state index contributed by atoms with van der Waals surface area (Å²) in [4.78, 5) is 2.00. The van der Waals surface area contributed by atoms with E-state index in [-0.39, 0.29) is 0 Å². The molecule has 0 aromatic heterocycles. The molecular weight excluding hydrogens is 182 g/mol. The minimum Gasteiger partial charge on any atom is -0.312 e. The third kappa shape index (κ3) is 31.6. The first-order valence-corrected chi connectivity index (χ1v) is 6.37. The van der Waals surface area contributed by atoms with Gasteiger partial charge in [0.05, 0.1) is 0 Å². The van der Waals surface area contributed by atoms with Crippen molar-refractivity contribution in [1.29, 1.82) is 0 Å². The Labute approximate surface area is 97.6 Å². The van der Waals surface area contributed by atoms with Crippen LogP contribution in [0, 0.1) is 0 Å². The van der Waals surface area contributed by atoms with Crippen molar-refractivity contribution in [2.45, 2.75) is 58.3 Å². The highest BCUT2D eigenvalue weighted by Crippen LogP contribution is 2.07. The Bertz CT molecular complexity index is 105. The van der Waals surface area contributed by atoms with Gasteiger partial charge in [-0.3, -0.25) is 0 Å². The van der Waals surface area contributed by atoms with Crippen LogP contribution in [0.1, 0.15) is 58.3 Å². The maximum absolute atomic E-state index is 3.71. The number of rotatable bonds is 8. The largest absolute Gasteiger partial charge is 0.312 e. The van der Waals surface area contributed by atoms with Gasteiger partial charge in [-0.2, -0.15) is 0 Å². The van der Waals surface area contributed by atoms with Crippen molar-refractivity contribution in [3.63, 3.8) is 0 Å². The molecule has 0 unspecified atom stereocenters. The first-order valence-electron chi connectivity index (χ1n) is 6.37. The van der Waals surface area contributed by atoms with Crippen LogP contribution in [-0.4, -0.2) is 26.0 Å². The van der Waals surface area contributed by atoms with E-state index in [9.17, 15) is 0 Å². The molecule has 0 aromatic rings. The lowest BCUT2D eigenvalue weighted by Crippen LogP contribution is -1.99. The number of unbranched alkanes of at least 4 members (excludes halogenated alkanes) is 7. The van der Waals surface area contributed by atoms with Crippen molar-refractivity contribution in [3.8, 4) is 0 Å². The van der Waals surface area contributed by atoms with E-state index in [1.165, 1.54) is 51.4 Å². The Kier molecular flexibility index (Phi) is 18.4. The molecule has 0 saturated heterocycles. The minimum absolute atomic E-state index is 1.20. The molecule has 0 bridgehead atoms. The van der Waals surface area contributed by atoms with Crippen LogP contribution in [0.3, 0.4) is 0 Å². The predicted octanol–water partition coefficient (Wildman–Crippen LogP) is 4.49. The molecular formula is C14H31N. The van der Waals surface area contributed by atoms with Gasteiger partial charge in [0, 0.05) is 0 Å². The quantitative estimate of drug-likeness (QED) is 0.424. The molecule has 0 fully saturated rings.